The molecule has 3 nitrogen and oxygen atoms in total. The zero-order valence-electron chi connectivity index (χ0n) is 10.2. The number of ether oxygens (including phenoxy) is 1. The minimum Gasteiger partial charge on any atom is -0.358 e. The van der Waals surface area contributed by atoms with Crippen molar-refractivity contribution in [2.24, 2.45) is 5.92 Å². The number of amides is 1. The second-order valence-electron chi connectivity index (χ2n) is 4.72. The van der Waals surface area contributed by atoms with Crippen molar-refractivity contribution in [1.29, 1.82) is 0 Å². The molecule has 15 heavy (non-hydrogen) atoms. The molecule has 0 spiro atoms. The van der Waals surface area contributed by atoms with Crippen LogP contribution in [0.15, 0.2) is 0 Å². The first-order valence-electron chi connectivity index (χ1n) is 6.02. The Balaban J connectivity index is 2.41. The van der Waals surface area contributed by atoms with Gasteiger partial charge >= 0.3 is 0 Å². The standard InChI is InChI=1S/C12H23NO2/c1-10(2)9-15-11(3)13-8-6-4-5-7-12(13)14/h10-11H,4-9H2,1-3H3. The predicted octanol–water partition coefficient (Wildman–Crippen LogP) is 2.41. The van der Waals surface area contributed by atoms with E-state index in [0.717, 1.165) is 26.0 Å². The van der Waals surface area contributed by atoms with Crippen molar-refractivity contribution in [3.05, 3.63) is 0 Å². The van der Waals surface area contributed by atoms with Gasteiger partial charge in [0, 0.05) is 13.0 Å². The van der Waals surface area contributed by atoms with Gasteiger partial charge in [-0.2, -0.15) is 0 Å². The van der Waals surface area contributed by atoms with Gasteiger partial charge in [-0.1, -0.05) is 20.3 Å². The quantitative estimate of drug-likeness (QED) is 0.717. The van der Waals surface area contributed by atoms with Gasteiger partial charge in [0.15, 0.2) is 0 Å². The second-order valence-corrected chi connectivity index (χ2v) is 4.72. The van der Waals surface area contributed by atoms with E-state index >= 15 is 0 Å². The lowest BCUT2D eigenvalue weighted by Crippen LogP contribution is -2.40. The van der Waals surface area contributed by atoms with Gasteiger partial charge in [-0.3, -0.25) is 4.79 Å². The fourth-order valence-corrected chi connectivity index (χ4v) is 1.81. The zero-order valence-corrected chi connectivity index (χ0v) is 10.2. The molecular weight excluding hydrogens is 190 g/mol. The molecule has 1 fully saturated rings. The lowest BCUT2D eigenvalue weighted by Gasteiger charge is -2.28. The summed E-state index contributed by atoms with van der Waals surface area (Å²) in [6.45, 7) is 7.81. The van der Waals surface area contributed by atoms with Gasteiger partial charge in [-0.05, 0) is 25.7 Å². The summed E-state index contributed by atoms with van der Waals surface area (Å²) < 4.78 is 5.67. The van der Waals surface area contributed by atoms with Crippen LogP contribution in [-0.2, 0) is 9.53 Å². The highest BCUT2D eigenvalue weighted by molar-refractivity contribution is 5.76. The Bertz CT molecular complexity index is 204. The van der Waals surface area contributed by atoms with Crippen molar-refractivity contribution in [1.82, 2.24) is 4.90 Å². The van der Waals surface area contributed by atoms with Crippen LogP contribution < -0.4 is 0 Å². The summed E-state index contributed by atoms with van der Waals surface area (Å²) in [5, 5.41) is 0. The summed E-state index contributed by atoms with van der Waals surface area (Å²) in [7, 11) is 0. The summed E-state index contributed by atoms with van der Waals surface area (Å²) in [5.41, 5.74) is 0. The summed E-state index contributed by atoms with van der Waals surface area (Å²) >= 11 is 0. The summed E-state index contributed by atoms with van der Waals surface area (Å²) in [5.74, 6) is 0.776. The maximum absolute atomic E-state index is 11.7. The molecule has 0 aliphatic carbocycles. The molecule has 0 aromatic carbocycles. The Hall–Kier alpha value is -0.570. The molecule has 0 saturated carbocycles. The van der Waals surface area contributed by atoms with Crippen LogP contribution in [0.3, 0.4) is 0 Å². The third-order valence-corrected chi connectivity index (χ3v) is 2.72. The molecule has 1 rings (SSSR count). The van der Waals surface area contributed by atoms with Gasteiger partial charge in [0.2, 0.25) is 5.91 Å². The molecule has 1 saturated heterocycles. The monoisotopic (exact) mass is 213 g/mol. The highest BCUT2D eigenvalue weighted by atomic mass is 16.5. The van der Waals surface area contributed by atoms with Crippen LogP contribution in [0.5, 0.6) is 0 Å². The molecule has 1 heterocycles. The smallest absolute Gasteiger partial charge is 0.224 e. The average molecular weight is 213 g/mol. The zero-order chi connectivity index (χ0) is 11.3. The Labute approximate surface area is 92.8 Å². The number of carbonyl (C=O) groups excluding carboxylic acids is 1. The number of carbonyl (C=O) groups is 1. The lowest BCUT2D eigenvalue weighted by molar-refractivity contribution is -0.144. The van der Waals surface area contributed by atoms with Crippen molar-refractivity contribution in [2.75, 3.05) is 13.2 Å². The molecular formula is C12H23NO2. The first kappa shape index (κ1) is 12.5. The molecule has 88 valence electrons. The third-order valence-electron chi connectivity index (χ3n) is 2.72. The number of nitrogens with zero attached hydrogens (tertiary/aromatic N) is 1. The van der Waals surface area contributed by atoms with Gasteiger partial charge in [-0.25, -0.2) is 0 Å². The topological polar surface area (TPSA) is 29.5 Å². The SMILES string of the molecule is CC(C)COC(C)N1CCCCCC1=O. The molecule has 1 amide bonds. The van der Waals surface area contributed by atoms with Crippen molar-refractivity contribution in [3.8, 4) is 0 Å². The largest absolute Gasteiger partial charge is 0.358 e. The van der Waals surface area contributed by atoms with Crippen LogP contribution in [0.4, 0.5) is 0 Å². The Morgan fingerprint density at radius 3 is 2.67 bits per heavy atom. The first-order chi connectivity index (χ1) is 7.11. The molecule has 1 aliphatic rings. The van der Waals surface area contributed by atoms with Gasteiger partial charge < -0.3 is 9.64 Å². The van der Waals surface area contributed by atoms with Crippen LogP contribution in [-0.4, -0.2) is 30.2 Å². The third kappa shape index (κ3) is 4.20. The van der Waals surface area contributed by atoms with Crippen molar-refractivity contribution in [2.45, 2.75) is 52.7 Å². The Kier molecular flexibility index (Phi) is 5.09. The van der Waals surface area contributed by atoms with Crippen molar-refractivity contribution in [3.63, 3.8) is 0 Å². The average Bonchev–Trinajstić information content (AvgIpc) is 2.39. The van der Waals surface area contributed by atoms with Crippen LogP contribution in [0.25, 0.3) is 0 Å². The summed E-state index contributed by atoms with van der Waals surface area (Å²) in [4.78, 5) is 13.6. The van der Waals surface area contributed by atoms with E-state index < -0.39 is 0 Å². The number of hydrogen-bond acceptors (Lipinski definition) is 2. The predicted molar refractivity (Wildman–Crippen MR) is 60.4 cm³/mol. The van der Waals surface area contributed by atoms with E-state index in [1.54, 1.807) is 0 Å². The van der Waals surface area contributed by atoms with Crippen LogP contribution in [0, 0.1) is 5.92 Å². The second kappa shape index (κ2) is 6.11. The molecule has 1 aliphatic heterocycles. The van der Waals surface area contributed by atoms with Crippen LogP contribution >= 0.6 is 0 Å². The molecule has 0 aromatic rings. The minimum atomic E-state index is -0.0574. The maximum Gasteiger partial charge on any atom is 0.224 e. The van der Waals surface area contributed by atoms with Crippen LogP contribution in [0.2, 0.25) is 0 Å². The maximum atomic E-state index is 11.7. The minimum absolute atomic E-state index is 0.0574. The lowest BCUT2D eigenvalue weighted by atomic mass is 10.2. The van der Waals surface area contributed by atoms with E-state index in [0.29, 0.717) is 12.3 Å². The van der Waals surface area contributed by atoms with E-state index in [2.05, 4.69) is 13.8 Å². The van der Waals surface area contributed by atoms with E-state index in [1.807, 2.05) is 11.8 Å². The van der Waals surface area contributed by atoms with Gasteiger partial charge in [0.05, 0.1) is 6.61 Å². The fraction of sp³-hybridized carbons (Fsp3) is 0.917. The summed E-state index contributed by atoms with van der Waals surface area (Å²) in [6, 6.07) is 0. The highest BCUT2D eigenvalue weighted by Gasteiger charge is 2.22. The molecule has 0 radical (unpaired) electrons. The molecule has 1 unspecified atom stereocenters. The van der Waals surface area contributed by atoms with Gasteiger partial charge in [-0.15, -0.1) is 0 Å². The molecule has 0 aromatic heterocycles. The Morgan fingerprint density at radius 1 is 1.27 bits per heavy atom. The van der Waals surface area contributed by atoms with E-state index in [4.69, 9.17) is 4.74 Å². The van der Waals surface area contributed by atoms with Crippen molar-refractivity contribution >= 4 is 5.91 Å². The fourth-order valence-electron chi connectivity index (χ4n) is 1.81. The molecule has 3 heteroatoms. The normalized spacial score (nSPS) is 20.5. The van der Waals surface area contributed by atoms with Gasteiger partial charge in [0.1, 0.15) is 6.23 Å². The van der Waals surface area contributed by atoms with Crippen molar-refractivity contribution < 1.29 is 9.53 Å². The number of likely N-dealkylation sites (tertiary alicyclic amines) is 1. The summed E-state index contributed by atoms with van der Waals surface area (Å²) in [6.07, 6.45) is 3.94. The molecule has 0 N–H and O–H groups in total. The van der Waals surface area contributed by atoms with E-state index in [1.165, 1.54) is 6.42 Å². The molecule has 0 bridgehead atoms. The first-order valence-corrected chi connectivity index (χ1v) is 6.02. The molecule has 1 atom stereocenters. The Morgan fingerprint density at radius 2 is 2.00 bits per heavy atom. The van der Waals surface area contributed by atoms with E-state index in [-0.39, 0.29) is 12.1 Å². The van der Waals surface area contributed by atoms with E-state index in [9.17, 15) is 4.79 Å². The number of rotatable bonds is 4. The number of hydrogen-bond donors (Lipinski definition) is 0. The van der Waals surface area contributed by atoms with Gasteiger partial charge in [0.25, 0.3) is 0 Å². The van der Waals surface area contributed by atoms with Crippen LogP contribution in [0.1, 0.15) is 46.5 Å². The highest BCUT2D eigenvalue weighted by Crippen LogP contribution is 2.14.